The summed E-state index contributed by atoms with van der Waals surface area (Å²) < 4.78 is 0. The van der Waals surface area contributed by atoms with Gasteiger partial charge < -0.3 is 15.7 Å². The molecule has 0 bridgehead atoms. The van der Waals surface area contributed by atoms with Crippen molar-refractivity contribution < 1.29 is 14.7 Å². The van der Waals surface area contributed by atoms with E-state index in [1.807, 2.05) is 0 Å². The van der Waals surface area contributed by atoms with Crippen LogP contribution >= 0.6 is 0 Å². The molecule has 0 aliphatic heterocycles. The van der Waals surface area contributed by atoms with Crippen molar-refractivity contribution >= 4 is 11.8 Å². The summed E-state index contributed by atoms with van der Waals surface area (Å²) in [5.74, 6) is 0.169. The van der Waals surface area contributed by atoms with Crippen LogP contribution < -0.4 is 10.6 Å². The molecule has 1 aliphatic rings. The van der Waals surface area contributed by atoms with E-state index in [9.17, 15) is 14.7 Å². The van der Waals surface area contributed by atoms with Crippen molar-refractivity contribution in [3.63, 3.8) is 0 Å². The van der Waals surface area contributed by atoms with Gasteiger partial charge in [-0.2, -0.15) is 0 Å². The highest BCUT2D eigenvalue weighted by Crippen LogP contribution is 2.31. The molecule has 0 atom stereocenters. The Morgan fingerprint density at radius 2 is 1.88 bits per heavy atom. The molecular weight excluding hydrogens is 220 g/mol. The summed E-state index contributed by atoms with van der Waals surface area (Å²) in [4.78, 5) is 22.0. The van der Waals surface area contributed by atoms with Crippen LogP contribution in [0.3, 0.4) is 0 Å². The van der Waals surface area contributed by atoms with Crippen LogP contribution in [0.25, 0.3) is 0 Å². The third-order valence-electron chi connectivity index (χ3n) is 3.32. The molecule has 5 nitrogen and oxygen atoms in total. The van der Waals surface area contributed by atoms with Crippen LogP contribution in [-0.2, 0) is 9.59 Å². The molecule has 2 amide bonds. The summed E-state index contributed by atoms with van der Waals surface area (Å²) in [5, 5.41) is 15.3. The molecule has 98 valence electrons. The van der Waals surface area contributed by atoms with Crippen molar-refractivity contribution in [2.45, 2.75) is 45.1 Å². The fraction of sp³-hybridized carbons (Fsp3) is 0.833. The lowest BCUT2D eigenvalue weighted by Gasteiger charge is -2.34. The van der Waals surface area contributed by atoms with E-state index >= 15 is 0 Å². The molecule has 17 heavy (non-hydrogen) atoms. The van der Waals surface area contributed by atoms with Crippen molar-refractivity contribution in [1.82, 2.24) is 10.6 Å². The van der Waals surface area contributed by atoms with E-state index in [1.54, 1.807) is 0 Å². The molecule has 1 rings (SSSR count). The molecule has 1 aliphatic carbocycles. The van der Waals surface area contributed by atoms with Crippen molar-refractivity contribution in [2.24, 2.45) is 5.92 Å². The first-order valence-electron chi connectivity index (χ1n) is 6.15. The van der Waals surface area contributed by atoms with Crippen LogP contribution in [0.1, 0.15) is 39.5 Å². The average Bonchev–Trinajstić information content (AvgIpc) is 2.28. The van der Waals surface area contributed by atoms with E-state index in [2.05, 4.69) is 17.6 Å². The fourth-order valence-corrected chi connectivity index (χ4v) is 2.01. The Labute approximate surface area is 102 Å². The first-order valence-corrected chi connectivity index (χ1v) is 6.15. The molecule has 0 aromatic rings. The summed E-state index contributed by atoms with van der Waals surface area (Å²) in [6, 6.07) is 0. The summed E-state index contributed by atoms with van der Waals surface area (Å²) in [6.07, 6.45) is 3.46. The van der Waals surface area contributed by atoms with Crippen molar-refractivity contribution in [1.29, 1.82) is 0 Å². The van der Waals surface area contributed by atoms with Crippen LogP contribution in [0.5, 0.6) is 0 Å². The molecule has 0 spiro atoms. The van der Waals surface area contributed by atoms with Gasteiger partial charge in [0.25, 0.3) is 0 Å². The van der Waals surface area contributed by atoms with Gasteiger partial charge in [-0.3, -0.25) is 9.59 Å². The van der Waals surface area contributed by atoms with E-state index in [0.717, 1.165) is 25.7 Å². The highest BCUT2D eigenvalue weighted by molar-refractivity contribution is 5.83. The molecule has 0 unspecified atom stereocenters. The third kappa shape index (κ3) is 5.17. The standard InChI is InChI=1S/C12H22N2O3/c1-9-3-5-12(17,6-4-9)8-14-11(16)7-13-10(2)15/h9,17H,3-8H2,1-2H3,(H,13,15)(H,14,16). The zero-order chi connectivity index (χ0) is 12.9. The Kier molecular flexibility index (Phi) is 4.93. The van der Waals surface area contributed by atoms with E-state index in [-0.39, 0.29) is 24.9 Å². The maximum Gasteiger partial charge on any atom is 0.239 e. The maximum atomic E-state index is 11.4. The number of carbonyl (C=O) groups is 2. The lowest BCUT2D eigenvalue weighted by molar-refractivity contribution is -0.126. The molecule has 1 fully saturated rings. The first-order chi connectivity index (χ1) is 7.91. The Balaban J connectivity index is 2.25. The summed E-state index contributed by atoms with van der Waals surface area (Å²) >= 11 is 0. The predicted octanol–water partition coefficient (Wildman–Crippen LogP) is 0.180. The van der Waals surface area contributed by atoms with Crippen molar-refractivity contribution in [3.8, 4) is 0 Å². The lowest BCUT2D eigenvalue weighted by Crippen LogP contribution is -2.47. The number of amides is 2. The van der Waals surface area contributed by atoms with Crippen LogP contribution in [0, 0.1) is 5.92 Å². The van der Waals surface area contributed by atoms with Gasteiger partial charge in [0.2, 0.25) is 11.8 Å². The topological polar surface area (TPSA) is 78.4 Å². The van der Waals surface area contributed by atoms with Crippen LogP contribution in [0.2, 0.25) is 0 Å². The van der Waals surface area contributed by atoms with Gasteiger partial charge in [0.15, 0.2) is 0 Å². The maximum absolute atomic E-state index is 11.4. The van der Waals surface area contributed by atoms with Gasteiger partial charge in [-0.05, 0) is 31.6 Å². The van der Waals surface area contributed by atoms with Gasteiger partial charge in [0, 0.05) is 13.5 Å². The normalized spacial score (nSPS) is 28.5. The van der Waals surface area contributed by atoms with E-state index < -0.39 is 5.60 Å². The lowest BCUT2D eigenvalue weighted by atomic mass is 9.79. The minimum absolute atomic E-state index is 0.0260. The van der Waals surface area contributed by atoms with Crippen LogP contribution in [0.4, 0.5) is 0 Å². The van der Waals surface area contributed by atoms with Gasteiger partial charge in [-0.1, -0.05) is 6.92 Å². The predicted molar refractivity (Wildman–Crippen MR) is 64.3 cm³/mol. The Morgan fingerprint density at radius 3 is 2.41 bits per heavy atom. The molecule has 3 N–H and O–H groups in total. The second kappa shape index (κ2) is 6.00. The number of hydrogen-bond acceptors (Lipinski definition) is 3. The highest BCUT2D eigenvalue weighted by atomic mass is 16.3. The summed E-state index contributed by atoms with van der Waals surface area (Å²) in [7, 11) is 0. The van der Waals surface area contributed by atoms with Gasteiger partial charge >= 0.3 is 0 Å². The molecule has 0 saturated heterocycles. The number of carbonyl (C=O) groups excluding carboxylic acids is 2. The Bertz CT molecular complexity index is 283. The number of hydrogen-bond donors (Lipinski definition) is 3. The second-order valence-corrected chi connectivity index (χ2v) is 5.09. The molecule has 0 radical (unpaired) electrons. The SMILES string of the molecule is CC(=O)NCC(=O)NCC1(O)CCC(C)CC1. The van der Waals surface area contributed by atoms with Gasteiger partial charge in [0.1, 0.15) is 0 Å². The monoisotopic (exact) mass is 242 g/mol. The number of nitrogens with one attached hydrogen (secondary N) is 2. The minimum atomic E-state index is -0.765. The van der Waals surface area contributed by atoms with Gasteiger partial charge in [-0.25, -0.2) is 0 Å². The van der Waals surface area contributed by atoms with Crippen molar-refractivity contribution in [2.75, 3.05) is 13.1 Å². The Morgan fingerprint density at radius 1 is 1.29 bits per heavy atom. The quantitative estimate of drug-likeness (QED) is 0.658. The smallest absolute Gasteiger partial charge is 0.239 e. The molecule has 0 heterocycles. The zero-order valence-corrected chi connectivity index (χ0v) is 10.6. The van der Waals surface area contributed by atoms with Crippen LogP contribution in [0.15, 0.2) is 0 Å². The number of rotatable bonds is 4. The zero-order valence-electron chi connectivity index (χ0n) is 10.6. The van der Waals surface area contributed by atoms with Gasteiger partial charge in [0.05, 0.1) is 12.1 Å². The van der Waals surface area contributed by atoms with E-state index in [1.165, 1.54) is 6.92 Å². The summed E-state index contributed by atoms with van der Waals surface area (Å²) in [6.45, 7) is 3.79. The largest absolute Gasteiger partial charge is 0.388 e. The van der Waals surface area contributed by atoms with Crippen molar-refractivity contribution in [3.05, 3.63) is 0 Å². The molecular formula is C12H22N2O3. The van der Waals surface area contributed by atoms with Gasteiger partial charge in [-0.15, -0.1) is 0 Å². The molecule has 5 heteroatoms. The third-order valence-corrected chi connectivity index (χ3v) is 3.32. The summed E-state index contributed by atoms with van der Waals surface area (Å²) in [5.41, 5.74) is -0.765. The molecule has 1 saturated carbocycles. The molecule has 0 aromatic heterocycles. The molecule has 0 aromatic carbocycles. The Hall–Kier alpha value is -1.10. The minimum Gasteiger partial charge on any atom is -0.388 e. The fourth-order valence-electron chi connectivity index (χ4n) is 2.01. The van der Waals surface area contributed by atoms with E-state index in [0.29, 0.717) is 5.92 Å². The first kappa shape index (κ1) is 14.0. The second-order valence-electron chi connectivity index (χ2n) is 5.09. The highest BCUT2D eigenvalue weighted by Gasteiger charge is 2.31. The van der Waals surface area contributed by atoms with Crippen LogP contribution in [-0.4, -0.2) is 35.6 Å². The van der Waals surface area contributed by atoms with E-state index in [4.69, 9.17) is 0 Å². The average molecular weight is 242 g/mol. The number of aliphatic hydroxyl groups is 1.